The quantitative estimate of drug-likeness (QED) is 0.0545. The number of fused-ring (bicyclic) bond motifs is 4. The van der Waals surface area contributed by atoms with Crippen molar-refractivity contribution in [1.29, 1.82) is 0 Å². The standard InChI is InChI=1S/C9H2F11N.4C9H2F5.Al/c10-1-21(9(19,20)8(16,17)18)7-5(14)3(12)2(11)4(13)6(7)15;4*10-4-1-3-2-5(11)8(13)9(14)6(3)7(4)12;/h1H2;4*1-2H;/q;;;;;-1/p+1. The number of halogens is 31. The molecule has 4 aliphatic rings. The van der Waals surface area contributed by atoms with Crippen LogP contribution in [0.25, 0.3) is 23.3 Å². The SMILES string of the molecule is FC1=C(F)[CH]([Al-]([CH]2C(F)=C(F)c3c2cc(F)c(F)c3F)([CH]2C(F)=C(F)c3c2cc(F)c(F)c3F)[CH]2C(F)=C(F)c3c2cc(F)c(F)c3F)c2cc(F)c(F)c(F)c21.FC[NH+](c1c(F)c(F)c(F)c(F)c1F)C(F)(F)C(F)(F)F. The lowest BCUT2D eigenvalue weighted by atomic mass is 10.1. The number of benzene rings is 5. The largest absolute Gasteiger partial charge is 0.515 e. The zero-order valence-corrected chi connectivity index (χ0v) is 37.3. The van der Waals surface area contributed by atoms with Crippen LogP contribution in [0, 0.1) is 98.9 Å². The van der Waals surface area contributed by atoms with Gasteiger partial charge in [-0.3, -0.25) is 0 Å². The van der Waals surface area contributed by atoms with Gasteiger partial charge in [-0.05, 0) is 24.3 Å². The van der Waals surface area contributed by atoms with E-state index in [9.17, 15) is 65.9 Å². The molecule has 0 amide bonds. The molecular formula is C45H11AlF31N. The van der Waals surface area contributed by atoms with Gasteiger partial charge in [0.05, 0.1) is 22.3 Å². The van der Waals surface area contributed by atoms with E-state index in [1.54, 1.807) is 0 Å². The van der Waals surface area contributed by atoms with Crippen LogP contribution in [0.15, 0.2) is 47.6 Å². The number of nitrogens with one attached hydrogen (secondary N) is 1. The van der Waals surface area contributed by atoms with Crippen LogP contribution in [-0.2, 0) is 0 Å². The first-order valence-corrected chi connectivity index (χ1v) is 23.2. The van der Waals surface area contributed by atoms with Gasteiger partial charge in [-0.2, -0.15) is 26.3 Å². The maximum Gasteiger partial charge on any atom is 0.515 e. The summed E-state index contributed by atoms with van der Waals surface area (Å²) in [4.78, 5) is -2.91. The molecular weight excluding hydrogens is 1170 g/mol. The minimum Gasteiger partial charge on any atom is -0.212 e. The minimum absolute atomic E-state index is 0.349. The molecule has 4 aliphatic carbocycles. The molecule has 0 aromatic heterocycles. The first kappa shape index (κ1) is 57.6. The average molecular weight is 1180 g/mol. The van der Waals surface area contributed by atoms with Crippen molar-refractivity contribution in [3.05, 3.63) is 191 Å². The fraction of sp³-hybridized carbons (Fsp3) is 0.156. The lowest BCUT2D eigenvalue weighted by molar-refractivity contribution is -0.961. The van der Waals surface area contributed by atoms with Crippen molar-refractivity contribution in [2.75, 3.05) is 6.80 Å². The van der Waals surface area contributed by atoms with Crippen molar-refractivity contribution in [3.8, 4) is 0 Å². The Morgan fingerprint density at radius 3 is 0.744 bits per heavy atom. The highest BCUT2D eigenvalue weighted by Crippen LogP contribution is 2.71. The fourth-order valence-corrected chi connectivity index (χ4v) is 19.1. The summed E-state index contributed by atoms with van der Waals surface area (Å²) in [5, 5.41) is 0. The topological polar surface area (TPSA) is 4.44 Å². The second-order valence-electron chi connectivity index (χ2n) is 17.1. The number of alkyl halides is 6. The van der Waals surface area contributed by atoms with Crippen LogP contribution >= 0.6 is 0 Å². The zero-order valence-electron chi connectivity index (χ0n) is 36.1. The molecule has 1 nitrogen and oxygen atoms in total. The molecule has 78 heavy (non-hydrogen) atoms. The molecule has 5 unspecified atom stereocenters. The van der Waals surface area contributed by atoms with Crippen molar-refractivity contribution in [2.45, 2.75) is 31.3 Å². The number of hydrogen-bond acceptors (Lipinski definition) is 0. The Morgan fingerprint density at radius 2 is 0.538 bits per heavy atom. The first-order chi connectivity index (χ1) is 36.0. The number of hydrogen-bond donors (Lipinski definition) is 1. The highest BCUT2D eigenvalue weighted by molar-refractivity contribution is 6.88. The summed E-state index contributed by atoms with van der Waals surface area (Å²) < 4.78 is 437. The Bertz CT molecular complexity index is 3230. The van der Waals surface area contributed by atoms with Crippen LogP contribution in [0.5, 0.6) is 0 Å². The molecule has 33 heteroatoms. The predicted molar refractivity (Wildman–Crippen MR) is 202 cm³/mol. The van der Waals surface area contributed by atoms with Crippen LogP contribution in [0.2, 0.25) is 0 Å². The van der Waals surface area contributed by atoms with Gasteiger partial charge in [-0.15, -0.1) is 8.78 Å². The summed E-state index contributed by atoms with van der Waals surface area (Å²) in [5.41, 5.74) is -17.8. The first-order valence-electron chi connectivity index (χ1n) is 20.5. The molecule has 0 saturated carbocycles. The van der Waals surface area contributed by atoms with Gasteiger partial charge in [0.15, 0.2) is 93.1 Å². The Morgan fingerprint density at radius 1 is 0.321 bits per heavy atom. The molecule has 416 valence electrons. The van der Waals surface area contributed by atoms with Crippen LogP contribution in [0.1, 0.15) is 63.6 Å². The normalized spacial score (nSPS) is 20.1. The summed E-state index contributed by atoms with van der Waals surface area (Å²) in [6.07, 6.45) is -6.49. The smallest absolute Gasteiger partial charge is 0.212 e. The molecule has 0 heterocycles. The van der Waals surface area contributed by atoms with Gasteiger partial charge < -0.3 is 0 Å². The Kier molecular flexibility index (Phi) is 14.1. The predicted octanol–water partition coefficient (Wildman–Crippen LogP) is 15.9. The molecule has 5 aromatic carbocycles. The second kappa shape index (κ2) is 19.0. The summed E-state index contributed by atoms with van der Waals surface area (Å²) in [6, 6.07) is -7.52. The van der Waals surface area contributed by atoms with Crippen LogP contribution in [0.4, 0.5) is 142 Å². The average Bonchev–Trinajstić information content (AvgIpc) is 4.11. The number of quaternary nitrogens is 1. The molecule has 0 bridgehead atoms. The van der Waals surface area contributed by atoms with E-state index in [2.05, 4.69) is 0 Å². The third kappa shape index (κ3) is 7.62. The van der Waals surface area contributed by atoms with E-state index < -0.39 is 252 Å². The summed E-state index contributed by atoms with van der Waals surface area (Å²) in [5.74, 6) is -67.0. The lowest BCUT2D eigenvalue weighted by Gasteiger charge is -2.54. The highest BCUT2D eigenvalue weighted by Gasteiger charge is 2.70. The van der Waals surface area contributed by atoms with Gasteiger partial charge in [0.1, 0.15) is 23.3 Å². The molecule has 0 spiro atoms. The molecule has 0 aliphatic heterocycles. The van der Waals surface area contributed by atoms with E-state index in [1.165, 1.54) is 0 Å². The van der Waals surface area contributed by atoms with Gasteiger partial charge in [-0.25, -0.2) is 106 Å². The Balaban J connectivity index is 0.000000323. The maximum absolute atomic E-state index is 17.0. The van der Waals surface area contributed by atoms with Gasteiger partial charge in [0.2, 0.25) is 54.6 Å². The van der Waals surface area contributed by atoms with Gasteiger partial charge >= 0.3 is 12.2 Å². The minimum atomic E-state index is -7.79. The number of allylic oxidation sites excluding steroid dienone is 4. The maximum atomic E-state index is 17.0. The molecule has 9 rings (SSSR count). The highest BCUT2D eigenvalue weighted by atomic mass is 27.2. The molecule has 5 atom stereocenters. The molecule has 0 radical (unpaired) electrons. The van der Waals surface area contributed by atoms with Crippen molar-refractivity contribution < 1.29 is 141 Å². The van der Waals surface area contributed by atoms with E-state index in [0.717, 1.165) is 0 Å². The van der Waals surface area contributed by atoms with E-state index >= 15 is 70.2 Å². The van der Waals surface area contributed by atoms with E-state index in [-0.39, 0.29) is 24.3 Å². The summed E-state index contributed by atoms with van der Waals surface area (Å²) in [7, 11) is 0. The van der Waals surface area contributed by atoms with Crippen LogP contribution in [-0.4, -0.2) is 32.1 Å². The van der Waals surface area contributed by atoms with Gasteiger partial charge in [-0.1, -0.05) is 41.4 Å². The molecule has 5 aromatic rings. The van der Waals surface area contributed by atoms with Crippen molar-refractivity contribution >= 4 is 42.1 Å². The Hall–Kier alpha value is -6.62. The van der Waals surface area contributed by atoms with Crippen molar-refractivity contribution in [1.82, 2.24) is 0 Å². The summed E-state index contributed by atoms with van der Waals surface area (Å²) in [6.45, 7) is -2.79. The van der Waals surface area contributed by atoms with Gasteiger partial charge in [0, 0.05) is 0 Å². The van der Waals surface area contributed by atoms with Crippen LogP contribution < -0.4 is 4.90 Å². The third-order valence-electron chi connectivity index (χ3n) is 13.6. The van der Waals surface area contributed by atoms with E-state index in [0.29, 0.717) is 0 Å². The van der Waals surface area contributed by atoms with E-state index in [1.807, 2.05) is 0 Å². The third-order valence-corrected chi connectivity index (χ3v) is 20.8. The zero-order chi connectivity index (χ0) is 58.6. The molecule has 0 fully saturated rings. The van der Waals surface area contributed by atoms with Crippen molar-refractivity contribution in [3.63, 3.8) is 0 Å². The summed E-state index contributed by atoms with van der Waals surface area (Å²) >= 11 is -7.79. The Labute approximate surface area is 411 Å². The molecule has 0 saturated heterocycles. The lowest BCUT2D eigenvalue weighted by Crippen LogP contribution is -3.16. The fourth-order valence-electron chi connectivity index (χ4n) is 10.7. The monoisotopic (exact) mass is 1180 g/mol. The van der Waals surface area contributed by atoms with Gasteiger partial charge in [0.25, 0.3) is 0 Å². The molecule has 1 N–H and O–H groups in total. The number of rotatable bonds is 7. The second-order valence-corrected chi connectivity index (χ2v) is 22.1. The van der Waals surface area contributed by atoms with Crippen molar-refractivity contribution in [2.24, 2.45) is 0 Å². The van der Waals surface area contributed by atoms with E-state index in [4.69, 9.17) is 0 Å². The van der Waals surface area contributed by atoms with Crippen LogP contribution in [0.3, 0.4) is 0 Å².